The standard InChI is InChI=1S/C7H13O/c1-3-6(2)8-7-4-5-7/h7H,3-5H2,1-2H3. The molecule has 1 radical (unpaired) electrons. The zero-order chi connectivity index (χ0) is 5.98. The topological polar surface area (TPSA) is 9.23 Å². The molecule has 8 heavy (non-hydrogen) atoms. The molecule has 1 nitrogen and oxygen atoms in total. The summed E-state index contributed by atoms with van der Waals surface area (Å²) in [5, 5.41) is 0. The van der Waals surface area contributed by atoms with E-state index in [2.05, 4.69) is 13.8 Å². The van der Waals surface area contributed by atoms with Crippen LogP contribution in [0.2, 0.25) is 0 Å². The Hall–Kier alpha value is -0.0400. The molecule has 0 bridgehead atoms. The van der Waals surface area contributed by atoms with Gasteiger partial charge in [0.1, 0.15) is 0 Å². The van der Waals surface area contributed by atoms with Crippen molar-refractivity contribution in [2.24, 2.45) is 0 Å². The maximum absolute atomic E-state index is 5.43. The minimum absolute atomic E-state index is 0.593. The summed E-state index contributed by atoms with van der Waals surface area (Å²) >= 11 is 0. The zero-order valence-corrected chi connectivity index (χ0v) is 5.61. The minimum Gasteiger partial charge on any atom is -0.369 e. The molecule has 0 saturated heterocycles. The lowest BCUT2D eigenvalue weighted by atomic mass is 10.3. The molecule has 0 aromatic carbocycles. The number of ether oxygens (including phenoxy) is 1. The van der Waals surface area contributed by atoms with Crippen molar-refractivity contribution in [2.75, 3.05) is 0 Å². The van der Waals surface area contributed by atoms with Gasteiger partial charge in [-0.3, -0.25) is 0 Å². The Morgan fingerprint density at radius 2 is 2.25 bits per heavy atom. The van der Waals surface area contributed by atoms with Gasteiger partial charge in [0.2, 0.25) is 0 Å². The van der Waals surface area contributed by atoms with Crippen LogP contribution in [0.5, 0.6) is 0 Å². The molecule has 0 amide bonds. The van der Waals surface area contributed by atoms with Gasteiger partial charge in [-0.05, 0) is 26.2 Å². The number of rotatable bonds is 3. The molecular formula is C7H13O. The summed E-state index contributed by atoms with van der Waals surface area (Å²) in [6, 6.07) is 0. The first-order chi connectivity index (χ1) is 3.83. The average Bonchev–Trinajstić information content (AvgIpc) is 2.50. The van der Waals surface area contributed by atoms with Gasteiger partial charge in [-0.1, -0.05) is 6.92 Å². The van der Waals surface area contributed by atoms with Gasteiger partial charge in [-0.25, -0.2) is 0 Å². The van der Waals surface area contributed by atoms with Crippen molar-refractivity contribution in [1.29, 1.82) is 0 Å². The zero-order valence-electron chi connectivity index (χ0n) is 5.61. The highest BCUT2D eigenvalue weighted by atomic mass is 16.5. The van der Waals surface area contributed by atoms with Crippen LogP contribution in [0.15, 0.2) is 0 Å². The van der Waals surface area contributed by atoms with Crippen LogP contribution >= 0.6 is 0 Å². The SMILES string of the molecule is CC[C](C)OC1CC1. The van der Waals surface area contributed by atoms with Gasteiger partial charge < -0.3 is 4.74 Å². The van der Waals surface area contributed by atoms with E-state index >= 15 is 0 Å². The second-order valence-corrected chi connectivity index (χ2v) is 2.37. The van der Waals surface area contributed by atoms with Gasteiger partial charge in [0.15, 0.2) is 0 Å². The van der Waals surface area contributed by atoms with Gasteiger partial charge in [0, 0.05) is 0 Å². The first kappa shape index (κ1) is 6.09. The molecule has 1 aliphatic rings. The van der Waals surface area contributed by atoms with Crippen molar-refractivity contribution < 1.29 is 4.74 Å². The normalized spacial score (nSPS) is 19.9. The third-order valence-corrected chi connectivity index (χ3v) is 1.39. The lowest BCUT2D eigenvalue weighted by molar-refractivity contribution is 0.130. The average molecular weight is 113 g/mol. The van der Waals surface area contributed by atoms with E-state index in [1.807, 2.05) is 0 Å². The van der Waals surface area contributed by atoms with Crippen molar-refractivity contribution in [1.82, 2.24) is 0 Å². The highest BCUT2D eigenvalue weighted by Crippen LogP contribution is 2.27. The molecule has 47 valence electrons. The van der Waals surface area contributed by atoms with E-state index in [9.17, 15) is 0 Å². The smallest absolute Gasteiger partial charge is 0.0941 e. The number of hydrogen-bond acceptors (Lipinski definition) is 1. The Morgan fingerprint density at radius 3 is 2.62 bits per heavy atom. The molecule has 1 aliphatic carbocycles. The van der Waals surface area contributed by atoms with Gasteiger partial charge in [-0.15, -0.1) is 0 Å². The van der Waals surface area contributed by atoms with Crippen LogP contribution in [0.25, 0.3) is 0 Å². The monoisotopic (exact) mass is 113 g/mol. The molecule has 0 unspecified atom stereocenters. The number of hydrogen-bond donors (Lipinski definition) is 0. The molecule has 0 N–H and O–H groups in total. The van der Waals surface area contributed by atoms with Gasteiger partial charge in [0.05, 0.1) is 12.2 Å². The van der Waals surface area contributed by atoms with Gasteiger partial charge >= 0.3 is 0 Å². The maximum Gasteiger partial charge on any atom is 0.0941 e. The molecule has 1 fully saturated rings. The van der Waals surface area contributed by atoms with Gasteiger partial charge in [-0.2, -0.15) is 0 Å². The quantitative estimate of drug-likeness (QED) is 0.544. The van der Waals surface area contributed by atoms with E-state index in [1.54, 1.807) is 0 Å². The van der Waals surface area contributed by atoms with Crippen molar-refractivity contribution in [3.63, 3.8) is 0 Å². The second kappa shape index (κ2) is 2.49. The Bertz CT molecular complexity index is 66.8. The second-order valence-electron chi connectivity index (χ2n) is 2.37. The molecule has 1 saturated carbocycles. The fourth-order valence-electron chi connectivity index (χ4n) is 0.554. The largest absolute Gasteiger partial charge is 0.369 e. The first-order valence-electron chi connectivity index (χ1n) is 3.32. The molecule has 0 spiro atoms. The molecule has 1 heteroatoms. The predicted molar refractivity (Wildman–Crippen MR) is 33.3 cm³/mol. The van der Waals surface area contributed by atoms with Crippen LogP contribution in [0.4, 0.5) is 0 Å². The third kappa shape index (κ3) is 1.83. The van der Waals surface area contributed by atoms with Crippen LogP contribution in [-0.2, 0) is 4.74 Å². The van der Waals surface area contributed by atoms with E-state index in [0.717, 1.165) is 6.42 Å². The summed E-state index contributed by atoms with van der Waals surface area (Å²) in [6.07, 6.45) is 5.40. The van der Waals surface area contributed by atoms with E-state index in [-0.39, 0.29) is 0 Å². The van der Waals surface area contributed by atoms with E-state index in [0.29, 0.717) is 6.10 Å². The minimum atomic E-state index is 0.593. The highest BCUT2D eigenvalue weighted by molar-refractivity contribution is 4.80. The molecule has 0 heterocycles. The van der Waals surface area contributed by atoms with Crippen LogP contribution in [-0.4, -0.2) is 6.10 Å². The fraction of sp³-hybridized carbons (Fsp3) is 0.857. The van der Waals surface area contributed by atoms with Crippen molar-refractivity contribution >= 4 is 0 Å². The summed E-state index contributed by atoms with van der Waals surface area (Å²) in [5.74, 6) is 0. The molecule has 0 aromatic rings. The summed E-state index contributed by atoms with van der Waals surface area (Å²) in [5.41, 5.74) is 0. The fourth-order valence-corrected chi connectivity index (χ4v) is 0.554. The highest BCUT2D eigenvalue weighted by Gasteiger charge is 2.23. The molecule has 0 atom stereocenters. The van der Waals surface area contributed by atoms with Crippen LogP contribution in [0.3, 0.4) is 0 Å². The first-order valence-corrected chi connectivity index (χ1v) is 3.32. The van der Waals surface area contributed by atoms with Crippen molar-refractivity contribution in [2.45, 2.75) is 39.2 Å². The lowest BCUT2D eigenvalue weighted by Crippen LogP contribution is -1.97. The summed E-state index contributed by atoms with van der Waals surface area (Å²) in [7, 11) is 0. The Morgan fingerprint density at radius 1 is 1.62 bits per heavy atom. The van der Waals surface area contributed by atoms with Crippen LogP contribution in [0.1, 0.15) is 33.1 Å². The lowest BCUT2D eigenvalue weighted by Gasteiger charge is -2.05. The van der Waals surface area contributed by atoms with Gasteiger partial charge in [0.25, 0.3) is 0 Å². The molecule has 1 rings (SSSR count). The predicted octanol–water partition coefficient (Wildman–Crippen LogP) is 2.13. The molecular weight excluding hydrogens is 100 g/mol. The van der Waals surface area contributed by atoms with E-state index < -0.39 is 0 Å². The third-order valence-electron chi connectivity index (χ3n) is 1.39. The Balaban J connectivity index is 1.98. The molecule has 0 aromatic heterocycles. The molecule has 0 aliphatic heterocycles. The Kier molecular flexibility index (Phi) is 1.90. The van der Waals surface area contributed by atoms with Crippen molar-refractivity contribution in [3.05, 3.63) is 6.10 Å². The Labute approximate surface area is 51.0 Å². The van der Waals surface area contributed by atoms with Crippen LogP contribution in [0, 0.1) is 6.10 Å². The van der Waals surface area contributed by atoms with Crippen LogP contribution < -0.4 is 0 Å². The van der Waals surface area contributed by atoms with E-state index in [1.165, 1.54) is 18.9 Å². The summed E-state index contributed by atoms with van der Waals surface area (Å²) < 4.78 is 5.43. The maximum atomic E-state index is 5.43. The summed E-state index contributed by atoms with van der Waals surface area (Å²) in [6.45, 7) is 4.18. The van der Waals surface area contributed by atoms with E-state index in [4.69, 9.17) is 4.74 Å². The van der Waals surface area contributed by atoms with Crippen molar-refractivity contribution in [3.8, 4) is 0 Å². The summed E-state index contributed by atoms with van der Waals surface area (Å²) in [4.78, 5) is 0.